The van der Waals surface area contributed by atoms with Crippen LogP contribution < -0.4 is 5.32 Å². The van der Waals surface area contributed by atoms with Crippen molar-refractivity contribution in [3.63, 3.8) is 0 Å². The molecule has 2 aromatic rings. The van der Waals surface area contributed by atoms with Gasteiger partial charge in [-0.05, 0) is 38.0 Å². The molecule has 19 heavy (non-hydrogen) atoms. The Morgan fingerprint density at radius 2 is 2.11 bits per heavy atom. The fraction of sp³-hybridized carbons (Fsp3) is 0.200. The average molecular weight is 269 g/mol. The number of nitrogens with zero attached hydrogens (tertiary/aromatic N) is 2. The van der Waals surface area contributed by atoms with Gasteiger partial charge in [-0.2, -0.15) is 0 Å². The van der Waals surface area contributed by atoms with Crippen LogP contribution in [0.2, 0.25) is 0 Å². The number of allylic oxidation sites excluding steroid dienone is 3. The summed E-state index contributed by atoms with van der Waals surface area (Å²) < 4.78 is 0. The number of nitrogens with one attached hydrogen (secondary N) is 1. The van der Waals surface area contributed by atoms with Gasteiger partial charge in [-0.3, -0.25) is 4.98 Å². The van der Waals surface area contributed by atoms with E-state index in [0.717, 1.165) is 34.9 Å². The van der Waals surface area contributed by atoms with E-state index in [2.05, 4.69) is 39.7 Å². The molecule has 1 N–H and O–H groups in total. The zero-order valence-electron chi connectivity index (χ0n) is 10.8. The molecule has 4 heteroatoms. The highest BCUT2D eigenvalue weighted by Crippen LogP contribution is 2.26. The van der Waals surface area contributed by atoms with Crippen molar-refractivity contribution in [2.45, 2.75) is 19.8 Å². The van der Waals surface area contributed by atoms with Gasteiger partial charge in [0.05, 0.1) is 5.69 Å². The molecule has 96 valence electrons. The van der Waals surface area contributed by atoms with E-state index < -0.39 is 0 Å². The lowest BCUT2D eigenvalue weighted by Gasteiger charge is -2.10. The second-order valence-electron chi connectivity index (χ2n) is 4.59. The summed E-state index contributed by atoms with van der Waals surface area (Å²) in [4.78, 5) is 8.63. The van der Waals surface area contributed by atoms with Gasteiger partial charge in [-0.15, -0.1) is 11.3 Å². The van der Waals surface area contributed by atoms with Crippen molar-refractivity contribution in [1.82, 2.24) is 9.97 Å². The Bertz CT molecular complexity index is 626. The lowest BCUT2D eigenvalue weighted by atomic mass is 10.1. The van der Waals surface area contributed by atoms with Crippen molar-refractivity contribution in [3.05, 3.63) is 53.3 Å². The molecule has 2 heterocycles. The fourth-order valence-corrected chi connectivity index (χ4v) is 2.79. The zero-order valence-corrected chi connectivity index (χ0v) is 11.6. The maximum atomic E-state index is 4.61. The highest BCUT2D eigenvalue weighted by Gasteiger charge is 2.07. The number of thiazole rings is 1. The number of aromatic nitrogens is 2. The second kappa shape index (κ2) is 5.36. The smallest absolute Gasteiger partial charge is 0.187 e. The lowest BCUT2D eigenvalue weighted by molar-refractivity contribution is 0.946. The molecule has 0 fully saturated rings. The number of hydrogen-bond donors (Lipinski definition) is 1. The van der Waals surface area contributed by atoms with E-state index in [1.54, 1.807) is 23.7 Å². The van der Waals surface area contributed by atoms with Gasteiger partial charge < -0.3 is 5.32 Å². The first-order valence-corrected chi connectivity index (χ1v) is 7.19. The largest absolute Gasteiger partial charge is 0.332 e. The quantitative estimate of drug-likeness (QED) is 0.905. The third-order valence-corrected chi connectivity index (χ3v) is 3.79. The van der Waals surface area contributed by atoms with Gasteiger partial charge in [-0.25, -0.2) is 4.98 Å². The zero-order chi connectivity index (χ0) is 13.1. The van der Waals surface area contributed by atoms with Crippen LogP contribution in [0.25, 0.3) is 11.3 Å². The minimum Gasteiger partial charge on any atom is -0.332 e. The molecular weight excluding hydrogens is 254 g/mol. The van der Waals surface area contributed by atoms with Crippen LogP contribution in [-0.2, 0) is 0 Å². The SMILES string of the molecule is CC1=CC(Nc2nc(-c3ccncc3)cs2)=CCC1. The molecule has 2 aromatic heterocycles. The molecule has 0 aromatic carbocycles. The molecule has 0 amide bonds. The molecule has 0 spiro atoms. The van der Waals surface area contributed by atoms with E-state index in [4.69, 9.17) is 0 Å². The molecule has 1 aliphatic rings. The highest BCUT2D eigenvalue weighted by molar-refractivity contribution is 7.14. The van der Waals surface area contributed by atoms with Crippen LogP contribution in [0.4, 0.5) is 5.13 Å². The van der Waals surface area contributed by atoms with Crippen LogP contribution in [0.1, 0.15) is 19.8 Å². The van der Waals surface area contributed by atoms with Crippen molar-refractivity contribution in [2.75, 3.05) is 5.32 Å². The van der Waals surface area contributed by atoms with Crippen molar-refractivity contribution < 1.29 is 0 Å². The molecule has 3 nitrogen and oxygen atoms in total. The molecule has 0 bridgehead atoms. The monoisotopic (exact) mass is 269 g/mol. The summed E-state index contributed by atoms with van der Waals surface area (Å²) >= 11 is 1.63. The van der Waals surface area contributed by atoms with Gasteiger partial charge >= 0.3 is 0 Å². The van der Waals surface area contributed by atoms with Crippen molar-refractivity contribution >= 4 is 16.5 Å². The van der Waals surface area contributed by atoms with Gasteiger partial charge in [0.2, 0.25) is 0 Å². The second-order valence-corrected chi connectivity index (χ2v) is 5.45. The number of anilines is 1. The van der Waals surface area contributed by atoms with E-state index in [0.29, 0.717) is 0 Å². The van der Waals surface area contributed by atoms with Crippen LogP contribution >= 0.6 is 11.3 Å². The maximum absolute atomic E-state index is 4.61. The van der Waals surface area contributed by atoms with Gasteiger partial charge in [0.15, 0.2) is 5.13 Å². The molecule has 0 saturated heterocycles. The standard InChI is InChI=1S/C15H15N3S/c1-11-3-2-4-13(9-11)17-15-18-14(10-19-15)12-5-7-16-8-6-12/h4-10H,2-3H2,1H3,(H,17,18). The Balaban J connectivity index is 1.77. The molecule has 0 unspecified atom stereocenters. The number of rotatable bonds is 3. The molecule has 0 radical (unpaired) electrons. The summed E-state index contributed by atoms with van der Waals surface area (Å²) in [6.07, 6.45) is 10.3. The first-order chi connectivity index (χ1) is 9.31. The predicted octanol–water partition coefficient (Wildman–Crippen LogP) is 4.24. The van der Waals surface area contributed by atoms with Crippen molar-refractivity contribution in [1.29, 1.82) is 0 Å². The Labute approximate surface area is 116 Å². The third kappa shape index (κ3) is 2.90. The predicted molar refractivity (Wildman–Crippen MR) is 80.0 cm³/mol. The minimum atomic E-state index is 0.934. The Kier molecular flexibility index (Phi) is 3.42. The first kappa shape index (κ1) is 12.1. The fourth-order valence-electron chi connectivity index (χ4n) is 2.05. The molecule has 0 saturated carbocycles. The summed E-state index contributed by atoms with van der Waals surface area (Å²) in [6.45, 7) is 2.17. The highest BCUT2D eigenvalue weighted by atomic mass is 32.1. The van der Waals surface area contributed by atoms with E-state index in [1.807, 2.05) is 12.1 Å². The molecule has 1 aliphatic carbocycles. The third-order valence-electron chi connectivity index (χ3n) is 3.04. The molecule has 0 atom stereocenters. The average Bonchev–Trinajstić information content (AvgIpc) is 2.88. The number of hydrogen-bond acceptors (Lipinski definition) is 4. The normalized spacial score (nSPS) is 14.8. The van der Waals surface area contributed by atoms with E-state index >= 15 is 0 Å². The first-order valence-electron chi connectivity index (χ1n) is 6.31. The molecule has 0 aliphatic heterocycles. The summed E-state index contributed by atoms with van der Waals surface area (Å²) in [5.41, 5.74) is 4.66. The molecular formula is C15H15N3S. The van der Waals surface area contributed by atoms with E-state index in [-0.39, 0.29) is 0 Å². The Hall–Kier alpha value is -1.94. The van der Waals surface area contributed by atoms with Gasteiger partial charge in [-0.1, -0.05) is 11.6 Å². The topological polar surface area (TPSA) is 37.8 Å². The van der Waals surface area contributed by atoms with Crippen LogP contribution in [0, 0.1) is 0 Å². The van der Waals surface area contributed by atoms with E-state index in [1.165, 1.54) is 5.57 Å². The van der Waals surface area contributed by atoms with Crippen molar-refractivity contribution in [3.8, 4) is 11.3 Å². The summed E-state index contributed by atoms with van der Waals surface area (Å²) in [7, 11) is 0. The van der Waals surface area contributed by atoms with Crippen LogP contribution in [-0.4, -0.2) is 9.97 Å². The number of pyridine rings is 1. The van der Waals surface area contributed by atoms with Crippen LogP contribution in [0.15, 0.2) is 53.3 Å². The van der Waals surface area contributed by atoms with Gasteiger partial charge in [0.1, 0.15) is 0 Å². The Morgan fingerprint density at radius 3 is 2.89 bits per heavy atom. The van der Waals surface area contributed by atoms with E-state index in [9.17, 15) is 0 Å². The molecule has 3 rings (SSSR count). The minimum absolute atomic E-state index is 0.934. The summed E-state index contributed by atoms with van der Waals surface area (Å²) in [6, 6.07) is 3.95. The van der Waals surface area contributed by atoms with Crippen LogP contribution in [0.3, 0.4) is 0 Å². The summed E-state index contributed by atoms with van der Waals surface area (Å²) in [5.74, 6) is 0. The van der Waals surface area contributed by atoms with Crippen molar-refractivity contribution in [2.24, 2.45) is 0 Å². The Morgan fingerprint density at radius 1 is 1.26 bits per heavy atom. The lowest BCUT2D eigenvalue weighted by Crippen LogP contribution is -2.00. The van der Waals surface area contributed by atoms with Gasteiger partial charge in [0, 0.05) is 29.0 Å². The van der Waals surface area contributed by atoms with Gasteiger partial charge in [0.25, 0.3) is 0 Å². The maximum Gasteiger partial charge on any atom is 0.187 e. The summed E-state index contributed by atoms with van der Waals surface area (Å²) in [5, 5.41) is 6.38. The van der Waals surface area contributed by atoms with Crippen LogP contribution in [0.5, 0.6) is 0 Å².